The number of nitrogens with two attached hydrogens (primary N) is 1. The Balaban J connectivity index is 1.72. The average Bonchev–Trinajstić information content (AvgIpc) is 2.76. The molecule has 0 saturated carbocycles. The van der Waals surface area contributed by atoms with E-state index in [1.54, 1.807) is 12.1 Å². The molecular formula is C27H33N3O5. The highest BCUT2D eigenvalue weighted by Crippen LogP contribution is 2.33. The minimum absolute atomic E-state index is 0.109. The lowest BCUT2D eigenvalue weighted by molar-refractivity contribution is -0.385. The fraction of sp³-hybridized carbons (Fsp3) is 0.407. The second-order valence-electron chi connectivity index (χ2n) is 9.83. The number of nitro groups is 1. The van der Waals surface area contributed by atoms with Gasteiger partial charge in [-0.2, -0.15) is 0 Å². The summed E-state index contributed by atoms with van der Waals surface area (Å²) in [5.41, 5.74) is 7.41. The Morgan fingerprint density at radius 2 is 1.86 bits per heavy atom. The first-order valence-corrected chi connectivity index (χ1v) is 11.9. The van der Waals surface area contributed by atoms with Crippen LogP contribution in [0, 0.1) is 10.1 Å². The smallest absolute Gasteiger partial charge is 0.334 e. The zero-order valence-electron chi connectivity index (χ0n) is 20.5. The Morgan fingerprint density at radius 3 is 2.49 bits per heavy atom. The molecule has 1 aliphatic rings. The van der Waals surface area contributed by atoms with E-state index in [2.05, 4.69) is 5.32 Å². The fourth-order valence-electron chi connectivity index (χ4n) is 4.28. The Kier molecular flexibility index (Phi) is 8.27. The molecule has 3 N–H and O–H groups in total. The van der Waals surface area contributed by atoms with Gasteiger partial charge in [0.25, 0.3) is 11.6 Å². The average molecular weight is 480 g/mol. The molecule has 1 aliphatic carbocycles. The number of carbonyl (C=O) groups excluding carboxylic acids is 2. The molecule has 0 bridgehead atoms. The highest BCUT2D eigenvalue weighted by Gasteiger charge is 2.25. The topological polar surface area (TPSA) is 125 Å². The van der Waals surface area contributed by atoms with Crippen LogP contribution >= 0.6 is 0 Å². The summed E-state index contributed by atoms with van der Waals surface area (Å²) in [4.78, 5) is 35.2. The number of primary amides is 1. The number of rotatable bonds is 7. The van der Waals surface area contributed by atoms with E-state index < -0.39 is 16.4 Å². The maximum Gasteiger partial charge on any atom is 0.334 e. The normalized spacial score (nSPS) is 17.9. The van der Waals surface area contributed by atoms with Gasteiger partial charge in [-0.25, -0.2) is 4.79 Å². The first kappa shape index (κ1) is 25.9. The van der Waals surface area contributed by atoms with E-state index in [1.807, 2.05) is 51.1 Å². The highest BCUT2D eigenvalue weighted by atomic mass is 16.6. The third kappa shape index (κ3) is 7.15. The molecule has 2 aromatic rings. The van der Waals surface area contributed by atoms with Gasteiger partial charge < -0.3 is 15.8 Å². The van der Waals surface area contributed by atoms with Gasteiger partial charge in [-0.3, -0.25) is 14.9 Å². The molecule has 186 valence electrons. The van der Waals surface area contributed by atoms with Crippen LogP contribution in [0.25, 0.3) is 0 Å². The predicted octanol–water partition coefficient (Wildman–Crippen LogP) is 5.62. The number of allylic oxidation sites excluding steroid dienone is 1. The molecule has 1 amide bonds. The molecule has 0 fully saturated rings. The van der Waals surface area contributed by atoms with E-state index in [1.165, 1.54) is 6.07 Å². The van der Waals surface area contributed by atoms with E-state index in [4.69, 9.17) is 10.5 Å². The van der Waals surface area contributed by atoms with Crippen LogP contribution in [0.15, 0.2) is 54.1 Å². The minimum Gasteiger partial charge on any atom is -0.457 e. The molecule has 35 heavy (non-hydrogen) atoms. The third-order valence-electron chi connectivity index (χ3n) is 5.96. The van der Waals surface area contributed by atoms with Gasteiger partial charge in [-0.05, 0) is 76.1 Å². The van der Waals surface area contributed by atoms with Crippen LogP contribution in [0.5, 0.6) is 0 Å². The number of amides is 1. The Hall–Kier alpha value is -3.68. The summed E-state index contributed by atoms with van der Waals surface area (Å²) in [7, 11) is 0. The molecule has 2 aromatic carbocycles. The molecule has 8 nitrogen and oxygen atoms in total. The minimum atomic E-state index is -0.832. The van der Waals surface area contributed by atoms with E-state index in [9.17, 15) is 19.7 Å². The van der Waals surface area contributed by atoms with Crippen LogP contribution in [0.1, 0.15) is 80.3 Å². The Labute approximate surface area is 205 Å². The summed E-state index contributed by atoms with van der Waals surface area (Å²) in [6.07, 6.45) is 6.64. The van der Waals surface area contributed by atoms with Gasteiger partial charge in [-0.1, -0.05) is 36.8 Å². The number of ether oxygens (including phenoxy) is 1. The molecule has 0 aromatic heterocycles. The van der Waals surface area contributed by atoms with Crippen molar-refractivity contribution in [2.24, 2.45) is 5.73 Å². The van der Waals surface area contributed by atoms with Crippen molar-refractivity contribution in [2.45, 2.75) is 70.9 Å². The van der Waals surface area contributed by atoms with E-state index in [0.717, 1.165) is 42.5 Å². The van der Waals surface area contributed by atoms with Crippen LogP contribution in [0.3, 0.4) is 0 Å². The molecule has 0 heterocycles. The van der Waals surface area contributed by atoms with Gasteiger partial charge in [0.05, 0.1) is 4.92 Å². The van der Waals surface area contributed by atoms with E-state index in [0.29, 0.717) is 12.0 Å². The number of hydrogen-bond donors (Lipinski definition) is 2. The molecule has 8 heteroatoms. The molecule has 0 radical (unpaired) electrons. The summed E-state index contributed by atoms with van der Waals surface area (Å²) < 4.78 is 5.61. The second kappa shape index (κ2) is 11.2. The van der Waals surface area contributed by atoms with Gasteiger partial charge in [-0.15, -0.1) is 0 Å². The largest absolute Gasteiger partial charge is 0.457 e. The zero-order chi connectivity index (χ0) is 25.6. The summed E-state index contributed by atoms with van der Waals surface area (Å²) >= 11 is 0. The highest BCUT2D eigenvalue weighted by molar-refractivity contribution is 5.97. The maximum absolute atomic E-state index is 12.7. The number of hydrogen-bond acceptors (Lipinski definition) is 6. The number of benzene rings is 2. The van der Waals surface area contributed by atoms with Crippen LogP contribution in [0.2, 0.25) is 0 Å². The van der Waals surface area contributed by atoms with E-state index >= 15 is 0 Å². The lowest BCUT2D eigenvalue weighted by Crippen LogP contribution is -2.25. The van der Waals surface area contributed by atoms with Crippen LogP contribution in [0.4, 0.5) is 11.4 Å². The molecule has 0 saturated heterocycles. The molecule has 0 spiro atoms. The SMILES string of the molecule is CC(C)(C)OC(=O)/C1=C\CCCC[C@@H](c2ccc(NCc3cccc(C(N)=O)c3[N+](=O)[O-])cc2)C1. The second-order valence-corrected chi connectivity index (χ2v) is 9.83. The summed E-state index contributed by atoms with van der Waals surface area (Å²) in [5.74, 6) is -0.874. The van der Waals surface area contributed by atoms with Gasteiger partial charge in [0.1, 0.15) is 11.2 Å². The van der Waals surface area contributed by atoms with Crippen LogP contribution in [-0.2, 0) is 16.1 Å². The number of anilines is 1. The number of nitrogens with one attached hydrogen (secondary N) is 1. The van der Waals surface area contributed by atoms with Crippen LogP contribution in [-0.4, -0.2) is 22.4 Å². The van der Waals surface area contributed by atoms with Crippen molar-refractivity contribution in [3.63, 3.8) is 0 Å². The van der Waals surface area contributed by atoms with Gasteiger partial charge in [0, 0.05) is 23.4 Å². The van der Waals surface area contributed by atoms with Crippen molar-refractivity contribution in [3.05, 3.63) is 80.9 Å². The number of esters is 1. The monoisotopic (exact) mass is 479 g/mol. The quantitative estimate of drug-likeness (QED) is 0.302. The summed E-state index contributed by atoms with van der Waals surface area (Å²) in [6, 6.07) is 12.4. The van der Waals surface area contributed by atoms with Gasteiger partial charge >= 0.3 is 5.97 Å². The van der Waals surface area contributed by atoms with E-state index in [-0.39, 0.29) is 29.7 Å². The standard InChI is InChI=1S/C27H33N3O5/c1-27(2,3)35-26(32)20-9-6-4-5-8-19(16-20)18-12-14-22(15-13-18)29-17-21-10-7-11-23(25(28)31)24(21)30(33)34/h7,9-15,19,29H,4-6,8,16-17H2,1-3H3,(H2,28,31)/b20-9-/t19-/m1/s1. The number of carbonyl (C=O) groups is 2. The van der Waals surface area contributed by atoms with Crippen LogP contribution < -0.4 is 11.1 Å². The van der Waals surface area contributed by atoms with Crippen molar-refractivity contribution >= 4 is 23.3 Å². The number of nitro benzene ring substituents is 1. The lowest BCUT2D eigenvalue weighted by atomic mass is 9.85. The Morgan fingerprint density at radius 1 is 1.14 bits per heavy atom. The van der Waals surface area contributed by atoms with Crippen molar-refractivity contribution in [1.29, 1.82) is 0 Å². The molecule has 0 unspecified atom stereocenters. The molecular weight excluding hydrogens is 446 g/mol. The summed E-state index contributed by atoms with van der Waals surface area (Å²) in [5, 5.41) is 14.7. The van der Waals surface area contributed by atoms with Crippen molar-refractivity contribution in [3.8, 4) is 0 Å². The zero-order valence-corrected chi connectivity index (χ0v) is 20.5. The van der Waals surface area contributed by atoms with Crippen molar-refractivity contribution in [1.82, 2.24) is 0 Å². The first-order chi connectivity index (χ1) is 16.5. The van der Waals surface area contributed by atoms with Crippen molar-refractivity contribution in [2.75, 3.05) is 5.32 Å². The molecule has 3 rings (SSSR count). The summed E-state index contributed by atoms with van der Waals surface area (Å²) in [6.45, 7) is 5.79. The van der Waals surface area contributed by atoms with Gasteiger partial charge in [0.2, 0.25) is 0 Å². The number of para-hydroxylation sites is 1. The Bertz CT molecular complexity index is 1120. The maximum atomic E-state index is 12.7. The molecule has 0 aliphatic heterocycles. The third-order valence-corrected chi connectivity index (χ3v) is 5.96. The van der Waals surface area contributed by atoms with Crippen molar-refractivity contribution < 1.29 is 19.2 Å². The molecule has 1 atom stereocenters. The lowest BCUT2D eigenvalue weighted by Gasteiger charge is -2.24. The van der Waals surface area contributed by atoms with Gasteiger partial charge in [0.15, 0.2) is 0 Å². The fourth-order valence-corrected chi connectivity index (χ4v) is 4.28. The first-order valence-electron chi connectivity index (χ1n) is 11.9. The predicted molar refractivity (Wildman–Crippen MR) is 135 cm³/mol. The number of nitrogens with zero attached hydrogens (tertiary/aromatic N) is 1.